The summed E-state index contributed by atoms with van der Waals surface area (Å²) in [6.45, 7) is 0. The van der Waals surface area contributed by atoms with E-state index in [0.717, 1.165) is 24.3 Å². The van der Waals surface area contributed by atoms with E-state index < -0.39 is 21.7 Å². The number of nitrogens with one attached hydrogen (secondary N) is 2. The van der Waals surface area contributed by atoms with Gasteiger partial charge in [-0.15, -0.1) is 5.10 Å². The van der Waals surface area contributed by atoms with Crippen LogP contribution < -0.4 is 10.0 Å². The van der Waals surface area contributed by atoms with Crippen molar-refractivity contribution >= 4 is 39.2 Å². The first-order valence-corrected chi connectivity index (χ1v) is 11.0. The van der Waals surface area contributed by atoms with Gasteiger partial charge in [0.1, 0.15) is 5.82 Å². The van der Waals surface area contributed by atoms with Crippen LogP contribution in [0.4, 0.5) is 16.1 Å². The van der Waals surface area contributed by atoms with E-state index in [9.17, 15) is 17.6 Å². The molecular weight excluding hydrogens is 459 g/mol. The molecule has 1 amide bonds. The molecule has 8 nitrogen and oxygen atoms in total. The van der Waals surface area contributed by atoms with Crippen molar-refractivity contribution in [1.82, 2.24) is 10.2 Å². The van der Waals surface area contributed by atoms with Gasteiger partial charge in [-0.25, -0.2) is 12.8 Å². The molecule has 4 aromatic rings. The molecule has 0 saturated heterocycles. The largest absolute Gasteiger partial charge is 0.403 e. The summed E-state index contributed by atoms with van der Waals surface area (Å²) in [5.41, 5.74) is 0.921. The summed E-state index contributed by atoms with van der Waals surface area (Å²) < 4.78 is 45.8. The fourth-order valence-electron chi connectivity index (χ4n) is 2.70. The molecule has 32 heavy (non-hydrogen) atoms. The minimum Gasteiger partial charge on any atom is -0.403 e. The number of anilines is 2. The van der Waals surface area contributed by atoms with E-state index >= 15 is 0 Å². The van der Waals surface area contributed by atoms with Gasteiger partial charge in [-0.2, -0.15) is 0 Å². The van der Waals surface area contributed by atoms with Crippen LogP contribution >= 0.6 is 11.6 Å². The second-order valence-corrected chi connectivity index (χ2v) is 8.63. The van der Waals surface area contributed by atoms with Crippen LogP contribution in [0.1, 0.15) is 10.4 Å². The third kappa shape index (κ3) is 4.93. The molecule has 0 saturated carbocycles. The molecule has 11 heteroatoms. The molecule has 1 aromatic heterocycles. The number of benzene rings is 3. The lowest BCUT2D eigenvalue weighted by Gasteiger charge is -2.09. The molecule has 0 aliphatic carbocycles. The number of aromatic nitrogens is 2. The zero-order valence-corrected chi connectivity index (χ0v) is 17.7. The lowest BCUT2D eigenvalue weighted by molar-refractivity contribution is 0.102. The quantitative estimate of drug-likeness (QED) is 0.424. The van der Waals surface area contributed by atoms with Gasteiger partial charge in [0, 0.05) is 21.8 Å². The monoisotopic (exact) mass is 472 g/mol. The Morgan fingerprint density at radius 1 is 0.969 bits per heavy atom. The van der Waals surface area contributed by atoms with E-state index in [4.69, 9.17) is 16.0 Å². The Morgan fingerprint density at radius 3 is 2.41 bits per heavy atom. The lowest BCUT2D eigenvalue weighted by atomic mass is 10.2. The molecule has 4 rings (SSSR count). The van der Waals surface area contributed by atoms with Crippen molar-refractivity contribution in [3.63, 3.8) is 0 Å². The molecule has 3 aromatic carbocycles. The van der Waals surface area contributed by atoms with Gasteiger partial charge in [0.05, 0.1) is 4.90 Å². The van der Waals surface area contributed by atoms with Gasteiger partial charge in [0.15, 0.2) is 0 Å². The molecule has 0 fully saturated rings. The number of nitrogens with zero attached hydrogens (tertiary/aromatic N) is 2. The van der Waals surface area contributed by atoms with Crippen molar-refractivity contribution in [2.45, 2.75) is 4.90 Å². The summed E-state index contributed by atoms with van der Waals surface area (Å²) in [6.07, 6.45) is 0. The summed E-state index contributed by atoms with van der Waals surface area (Å²) in [6, 6.07) is 16.8. The first kappa shape index (κ1) is 21.5. The zero-order chi connectivity index (χ0) is 22.7. The topological polar surface area (TPSA) is 114 Å². The van der Waals surface area contributed by atoms with E-state index in [2.05, 4.69) is 20.2 Å². The van der Waals surface area contributed by atoms with E-state index in [1.807, 2.05) is 0 Å². The highest BCUT2D eigenvalue weighted by Gasteiger charge is 2.17. The molecular formula is C21H14ClFN4O4S. The summed E-state index contributed by atoms with van der Waals surface area (Å²) in [5.74, 6) is -0.945. The Hall–Kier alpha value is -3.76. The average molecular weight is 473 g/mol. The number of carbonyl (C=O) groups excluding carboxylic acids is 1. The number of rotatable bonds is 6. The average Bonchev–Trinajstić information content (AvgIpc) is 3.23. The van der Waals surface area contributed by atoms with Crippen molar-refractivity contribution in [3.05, 3.63) is 89.2 Å². The number of amides is 1. The molecule has 0 atom stereocenters. The van der Waals surface area contributed by atoms with Crippen LogP contribution in [0.5, 0.6) is 0 Å². The number of sulfonamides is 1. The van der Waals surface area contributed by atoms with Crippen LogP contribution in [0.3, 0.4) is 0 Å². The Bertz CT molecular complexity index is 1370. The van der Waals surface area contributed by atoms with Crippen LogP contribution in [-0.2, 0) is 10.0 Å². The van der Waals surface area contributed by atoms with Crippen LogP contribution in [0.25, 0.3) is 11.5 Å². The minimum absolute atomic E-state index is 0.116. The summed E-state index contributed by atoms with van der Waals surface area (Å²) in [7, 11) is -3.96. The van der Waals surface area contributed by atoms with E-state index in [0.29, 0.717) is 10.6 Å². The van der Waals surface area contributed by atoms with Crippen LogP contribution in [0, 0.1) is 5.82 Å². The Balaban J connectivity index is 1.48. The second kappa shape index (κ2) is 8.77. The molecule has 162 valence electrons. The first-order chi connectivity index (χ1) is 15.3. The molecule has 0 bridgehead atoms. The molecule has 0 unspecified atom stereocenters. The maximum atomic E-state index is 13.1. The first-order valence-electron chi connectivity index (χ1n) is 9.09. The number of hydrogen-bond acceptors (Lipinski definition) is 6. The number of halogens is 2. The predicted octanol–water partition coefficient (Wildman–Crippen LogP) is 4.58. The van der Waals surface area contributed by atoms with Gasteiger partial charge in [0.25, 0.3) is 15.9 Å². The summed E-state index contributed by atoms with van der Waals surface area (Å²) in [5, 5.41) is 10.7. The molecule has 0 radical (unpaired) electrons. The SMILES string of the molecule is O=C(Nc1nnc(-c2ccc(Cl)cc2)o1)c1cccc(NS(=O)(=O)c2ccc(F)cc2)c1. The third-order valence-corrected chi connectivity index (χ3v) is 5.89. The molecule has 2 N–H and O–H groups in total. The Kier molecular flexibility index (Phi) is 5.89. The van der Waals surface area contributed by atoms with Crippen LogP contribution in [-0.4, -0.2) is 24.5 Å². The normalized spacial score (nSPS) is 11.2. The highest BCUT2D eigenvalue weighted by molar-refractivity contribution is 7.92. The number of hydrogen-bond donors (Lipinski definition) is 2. The number of carbonyl (C=O) groups is 1. The fourth-order valence-corrected chi connectivity index (χ4v) is 3.88. The highest BCUT2D eigenvalue weighted by atomic mass is 35.5. The van der Waals surface area contributed by atoms with Crippen molar-refractivity contribution in [2.24, 2.45) is 0 Å². The summed E-state index contributed by atoms with van der Waals surface area (Å²) >= 11 is 5.85. The molecule has 0 spiro atoms. The summed E-state index contributed by atoms with van der Waals surface area (Å²) in [4.78, 5) is 12.4. The lowest BCUT2D eigenvalue weighted by Crippen LogP contribution is -2.15. The van der Waals surface area contributed by atoms with Gasteiger partial charge in [0.2, 0.25) is 5.89 Å². The van der Waals surface area contributed by atoms with E-state index in [1.165, 1.54) is 24.3 Å². The molecule has 0 aliphatic rings. The van der Waals surface area contributed by atoms with Crippen molar-refractivity contribution in [1.29, 1.82) is 0 Å². The maximum absolute atomic E-state index is 13.1. The Labute approximate surface area is 187 Å². The van der Waals surface area contributed by atoms with Gasteiger partial charge in [-0.3, -0.25) is 14.8 Å². The van der Waals surface area contributed by atoms with E-state index in [-0.39, 0.29) is 28.1 Å². The van der Waals surface area contributed by atoms with Crippen LogP contribution in [0.15, 0.2) is 82.1 Å². The smallest absolute Gasteiger partial charge is 0.322 e. The third-order valence-electron chi connectivity index (χ3n) is 4.24. The second-order valence-electron chi connectivity index (χ2n) is 6.51. The van der Waals surface area contributed by atoms with Crippen molar-refractivity contribution in [3.8, 4) is 11.5 Å². The van der Waals surface area contributed by atoms with Gasteiger partial charge < -0.3 is 4.42 Å². The highest BCUT2D eigenvalue weighted by Crippen LogP contribution is 2.23. The predicted molar refractivity (Wildman–Crippen MR) is 116 cm³/mol. The minimum atomic E-state index is -3.96. The molecule has 1 heterocycles. The van der Waals surface area contributed by atoms with Gasteiger partial charge >= 0.3 is 6.01 Å². The fraction of sp³-hybridized carbons (Fsp3) is 0. The van der Waals surface area contributed by atoms with Crippen molar-refractivity contribution < 1.29 is 22.0 Å². The van der Waals surface area contributed by atoms with Gasteiger partial charge in [-0.1, -0.05) is 22.8 Å². The van der Waals surface area contributed by atoms with Crippen LogP contribution in [0.2, 0.25) is 5.02 Å². The standard InChI is InChI=1S/C21H14ClFN4O4S/c22-15-6-4-13(5-7-15)20-25-26-21(31-20)24-19(28)14-2-1-3-17(12-14)27-32(29,30)18-10-8-16(23)9-11-18/h1-12,27H,(H,24,26,28). The Morgan fingerprint density at radius 2 is 1.69 bits per heavy atom. The maximum Gasteiger partial charge on any atom is 0.322 e. The van der Waals surface area contributed by atoms with E-state index in [1.54, 1.807) is 24.3 Å². The molecule has 0 aliphatic heterocycles. The zero-order valence-electron chi connectivity index (χ0n) is 16.1. The van der Waals surface area contributed by atoms with Gasteiger partial charge in [-0.05, 0) is 66.7 Å². The van der Waals surface area contributed by atoms with Crippen molar-refractivity contribution in [2.75, 3.05) is 10.0 Å².